The number of hydrogen-bond acceptors (Lipinski definition) is 6. The zero-order chi connectivity index (χ0) is 20.3. The van der Waals surface area contributed by atoms with E-state index in [9.17, 15) is 14.0 Å². The molecule has 1 aliphatic heterocycles. The highest BCUT2D eigenvalue weighted by molar-refractivity contribution is 8.26. The van der Waals surface area contributed by atoms with Gasteiger partial charge in [-0.15, -0.1) is 0 Å². The van der Waals surface area contributed by atoms with Crippen molar-refractivity contribution in [3.8, 4) is 11.5 Å². The lowest BCUT2D eigenvalue weighted by atomic mass is 10.1. The minimum absolute atomic E-state index is 0.147. The van der Waals surface area contributed by atoms with Crippen molar-refractivity contribution in [2.45, 2.75) is 6.92 Å². The predicted molar refractivity (Wildman–Crippen MR) is 110 cm³/mol. The van der Waals surface area contributed by atoms with Gasteiger partial charge in [0.1, 0.15) is 10.1 Å². The molecule has 5 nitrogen and oxygen atoms in total. The zero-order valence-electron chi connectivity index (χ0n) is 15.1. The summed E-state index contributed by atoms with van der Waals surface area (Å²) in [5.41, 5.74) is 0.510. The average Bonchev–Trinajstić information content (AvgIpc) is 2.95. The van der Waals surface area contributed by atoms with Gasteiger partial charge in [0.2, 0.25) is 0 Å². The van der Waals surface area contributed by atoms with Crippen LogP contribution in [0.2, 0.25) is 0 Å². The second kappa shape index (κ2) is 8.53. The van der Waals surface area contributed by atoms with Crippen molar-refractivity contribution in [3.63, 3.8) is 0 Å². The fourth-order valence-corrected chi connectivity index (χ4v) is 3.95. The van der Waals surface area contributed by atoms with Crippen molar-refractivity contribution in [1.29, 1.82) is 0 Å². The highest BCUT2D eigenvalue weighted by atomic mass is 32.2. The van der Waals surface area contributed by atoms with Gasteiger partial charge in [-0.3, -0.25) is 9.69 Å². The molecule has 0 spiro atoms. The van der Waals surface area contributed by atoms with Gasteiger partial charge in [0.25, 0.3) is 5.91 Å². The molecule has 0 atom stereocenters. The molecule has 2 aromatic rings. The third kappa shape index (κ3) is 4.07. The van der Waals surface area contributed by atoms with Gasteiger partial charge in [0, 0.05) is 6.54 Å². The van der Waals surface area contributed by atoms with E-state index in [4.69, 9.17) is 21.7 Å². The number of esters is 1. The zero-order valence-corrected chi connectivity index (χ0v) is 16.7. The molecule has 0 saturated carbocycles. The molecule has 1 aliphatic rings. The number of ether oxygens (including phenoxy) is 2. The van der Waals surface area contributed by atoms with Crippen LogP contribution in [0.5, 0.6) is 11.5 Å². The van der Waals surface area contributed by atoms with E-state index >= 15 is 0 Å². The number of halogens is 1. The van der Waals surface area contributed by atoms with Crippen LogP contribution in [-0.2, 0) is 4.79 Å². The first-order valence-corrected chi connectivity index (χ1v) is 9.57. The summed E-state index contributed by atoms with van der Waals surface area (Å²) in [7, 11) is 1.43. The lowest BCUT2D eigenvalue weighted by Crippen LogP contribution is -2.27. The van der Waals surface area contributed by atoms with Gasteiger partial charge in [0.05, 0.1) is 17.6 Å². The van der Waals surface area contributed by atoms with Crippen molar-refractivity contribution in [3.05, 3.63) is 64.3 Å². The summed E-state index contributed by atoms with van der Waals surface area (Å²) < 4.78 is 24.8. The van der Waals surface area contributed by atoms with Crippen LogP contribution >= 0.6 is 24.0 Å². The Balaban J connectivity index is 1.84. The normalized spacial score (nSPS) is 15.2. The quantitative estimate of drug-likeness (QED) is 0.313. The molecule has 0 unspecified atom stereocenters. The van der Waals surface area contributed by atoms with Crippen LogP contribution in [0.4, 0.5) is 4.39 Å². The average molecular weight is 417 g/mol. The standard InChI is InChI=1S/C20H16FNO4S2/c1-3-22-18(23)17(28-20(22)27)11-12-8-9-15(16(10-12)25-2)26-19(24)13-6-4-5-7-14(13)21/h4-11H,3H2,1-2H3/b17-11+. The molecule has 0 aliphatic carbocycles. The number of carbonyl (C=O) groups is 2. The van der Waals surface area contributed by atoms with Crippen LogP contribution in [-0.4, -0.2) is 34.8 Å². The maximum atomic E-state index is 13.8. The summed E-state index contributed by atoms with van der Waals surface area (Å²) in [5, 5.41) is 0. The minimum atomic E-state index is -0.826. The number of carbonyl (C=O) groups excluding carboxylic acids is 2. The van der Waals surface area contributed by atoms with Crippen molar-refractivity contribution < 1.29 is 23.5 Å². The first-order chi connectivity index (χ1) is 13.4. The third-order valence-corrected chi connectivity index (χ3v) is 5.35. The summed E-state index contributed by atoms with van der Waals surface area (Å²) in [6.45, 7) is 2.37. The van der Waals surface area contributed by atoms with Gasteiger partial charge in [-0.05, 0) is 42.8 Å². The minimum Gasteiger partial charge on any atom is -0.493 e. The predicted octanol–water partition coefficient (Wildman–Crippen LogP) is 4.27. The molecule has 8 heteroatoms. The maximum absolute atomic E-state index is 13.8. The van der Waals surface area contributed by atoms with Crippen molar-refractivity contribution in [1.82, 2.24) is 4.90 Å². The Bertz CT molecular complexity index is 990. The molecule has 28 heavy (non-hydrogen) atoms. The molecule has 1 heterocycles. The van der Waals surface area contributed by atoms with E-state index in [0.29, 0.717) is 21.3 Å². The number of methoxy groups -OCH3 is 1. The maximum Gasteiger partial charge on any atom is 0.346 e. The number of rotatable bonds is 5. The van der Waals surface area contributed by atoms with Crippen LogP contribution in [0.25, 0.3) is 6.08 Å². The molecule has 1 saturated heterocycles. The van der Waals surface area contributed by atoms with Gasteiger partial charge in [0.15, 0.2) is 11.5 Å². The largest absolute Gasteiger partial charge is 0.493 e. The lowest BCUT2D eigenvalue weighted by Gasteiger charge is -2.11. The Morgan fingerprint density at radius 3 is 2.64 bits per heavy atom. The van der Waals surface area contributed by atoms with Crippen LogP contribution in [0.3, 0.4) is 0 Å². The molecular formula is C20H16FNO4S2. The number of hydrogen-bond donors (Lipinski definition) is 0. The number of nitrogens with zero attached hydrogens (tertiary/aromatic N) is 1. The molecule has 0 bridgehead atoms. The molecule has 2 aromatic carbocycles. The molecule has 0 aromatic heterocycles. The Morgan fingerprint density at radius 1 is 1.25 bits per heavy atom. The molecule has 1 amide bonds. The highest BCUT2D eigenvalue weighted by Gasteiger charge is 2.30. The van der Waals surface area contributed by atoms with E-state index in [2.05, 4.69) is 0 Å². The van der Waals surface area contributed by atoms with E-state index in [0.717, 1.165) is 0 Å². The molecule has 3 rings (SSSR count). The summed E-state index contributed by atoms with van der Waals surface area (Å²) in [6, 6.07) is 10.4. The molecule has 144 valence electrons. The van der Waals surface area contributed by atoms with Crippen molar-refractivity contribution in [2.75, 3.05) is 13.7 Å². The van der Waals surface area contributed by atoms with Crippen molar-refractivity contribution in [2.24, 2.45) is 0 Å². The Kier molecular flexibility index (Phi) is 6.11. The second-order valence-corrected chi connectivity index (χ2v) is 7.38. The molecular weight excluding hydrogens is 401 g/mol. The third-order valence-electron chi connectivity index (χ3n) is 3.97. The van der Waals surface area contributed by atoms with E-state index in [1.807, 2.05) is 6.92 Å². The number of thiocarbonyl (C=S) groups is 1. The first kappa shape index (κ1) is 20.0. The Morgan fingerprint density at radius 2 is 2.00 bits per heavy atom. The Hall–Kier alpha value is -2.71. The summed E-state index contributed by atoms with van der Waals surface area (Å²) in [5.74, 6) is -1.21. The van der Waals surface area contributed by atoms with Gasteiger partial charge < -0.3 is 9.47 Å². The highest BCUT2D eigenvalue weighted by Crippen LogP contribution is 2.34. The summed E-state index contributed by atoms with van der Waals surface area (Å²) in [4.78, 5) is 26.6. The van der Waals surface area contributed by atoms with Crippen LogP contribution < -0.4 is 9.47 Å². The van der Waals surface area contributed by atoms with Crippen LogP contribution in [0, 0.1) is 5.82 Å². The first-order valence-electron chi connectivity index (χ1n) is 8.34. The smallest absolute Gasteiger partial charge is 0.346 e. The number of thioether (sulfide) groups is 1. The van der Waals surface area contributed by atoms with Gasteiger partial charge >= 0.3 is 5.97 Å². The fourth-order valence-electron chi connectivity index (χ4n) is 2.56. The SMILES string of the molecule is CCN1C(=O)/C(=C\c2ccc(OC(=O)c3ccccc3F)c(OC)c2)SC1=S. The monoisotopic (exact) mass is 417 g/mol. The summed E-state index contributed by atoms with van der Waals surface area (Å²) in [6.07, 6.45) is 1.69. The van der Waals surface area contributed by atoms with E-state index < -0.39 is 11.8 Å². The molecule has 1 fully saturated rings. The molecule has 0 N–H and O–H groups in total. The number of amides is 1. The van der Waals surface area contributed by atoms with Gasteiger partial charge in [-0.1, -0.05) is 42.2 Å². The van der Waals surface area contributed by atoms with E-state index in [1.54, 1.807) is 24.3 Å². The van der Waals surface area contributed by atoms with Crippen molar-refractivity contribution >= 4 is 46.3 Å². The fraction of sp³-hybridized carbons (Fsp3) is 0.150. The van der Waals surface area contributed by atoms with E-state index in [-0.39, 0.29) is 23.0 Å². The van der Waals surface area contributed by atoms with E-state index in [1.165, 1.54) is 48.0 Å². The molecule has 0 radical (unpaired) electrons. The summed E-state index contributed by atoms with van der Waals surface area (Å²) >= 11 is 6.43. The number of likely N-dealkylation sites (N-methyl/N-ethyl adjacent to an activating group) is 1. The van der Waals surface area contributed by atoms with Crippen LogP contribution in [0.1, 0.15) is 22.8 Å². The second-order valence-electron chi connectivity index (χ2n) is 5.71. The number of benzene rings is 2. The van der Waals surface area contributed by atoms with Gasteiger partial charge in [-0.2, -0.15) is 0 Å². The lowest BCUT2D eigenvalue weighted by molar-refractivity contribution is -0.121. The Labute approximate surface area is 171 Å². The topological polar surface area (TPSA) is 55.8 Å². The van der Waals surface area contributed by atoms with Crippen LogP contribution in [0.15, 0.2) is 47.4 Å². The van der Waals surface area contributed by atoms with Gasteiger partial charge in [-0.25, -0.2) is 9.18 Å².